The number of nitrogens with zero attached hydrogens (tertiary/aromatic N) is 2. The number of guanidine groups is 1. The van der Waals surface area contributed by atoms with Crippen molar-refractivity contribution < 1.29 is 14.0 Å². The van der Waals surface area contributed by atoms with Crippen molar-refractivity contribution in [1.29, 1.82) is 0 Å². The molecule has 0 aromatic heterocycles. The summed E-state index contributed by atoms with van der Waals surface area (Å²) in [6, 6.07) is 4.27. The van der Waals surface area contributed by atoms with Crippen LogP contribution in [0.5, 0.6) is 0 Å². The smallest absolute Gasteiger partial charge is 0.237 e. The van der Waals surface area contributed by atoms with E-state index in [0.29, 0.717) is 5.69 Å². The molecule has 0 spiro atoms. The highest BCUT2D eigenvalue weighted by molar-refractivity contribution is 6.01. The maximum atomic E-state index is 14.6. The monoisotopic (exact) mass is 348 g/mol. The molecule has 25 heavy (non-hydrogen) atoms. The first-order valence-corrected chi connectivity index (χ1v) is 8.16. The average Bonchev–Trinajstić information content (AvgIpc) is 2.53. The molecular weight excluding hydrogens is 323 g/mol. The summed E-state index contributed by atoms with van der Waals surface area (Å²) in [7, 11) is 1.54. The number of nitrogens with one attached hydrogen (secondary N) is 1. The summed E-state index contributed by atoms with van der Waals surface area (Å²) in [4.78, 5) is 30.3. The number of hydrogen-bond donors (Lipinski definition) is 2. The maximum Gasteiger partial charge on any atom is 0.237 e. The van der Waals surface area contributed by atoms with Crippen molar-refractivity contribution in [2.24, 2.45) is 22.1 Å². The summed E-state index contributed by atoms with van der Waals surface area (Å²) in [5.41, 5.74) is 4.31. The van der Waals surface area contributed by atoms with Gasteiger partial charge in [0.25, 0.3) is 0 Å². The predicted octanol–water partition coefficient (Wildman–Crippen LogP) is 2.45. The molecule has 0 saturated carbocycles. The SMILES string of the molecule is CC(C)C(=O)Nc1ccc(F)c([C@]2(C)N=C(N)N(C)C(=O)C2(C)C)c1. The zero-order valence-electron chi connectivity index (χ0n) is 15.5. The van der Waals surface area contributed by atoms with Crippen LogP contribution in [0.1, 0.15) is 40.2 Å². The minimum Gasteiger partial charge on any atom is -0.369 e. The fourth-order valence-corrected chi connectivity index (χ4v) is 2.83. The molecule has 0 bridgehead atoms. The lowest BCUT2D eigenvalue weighted by Gasteiger charge is -2.46. The number of anilines is 1. The minimum atomic E-state index is -1.21. The Morgan fingerprint density at radius 3 is 2.48 bits per heavy atom. The van der Waals surface area contributed by atoms with E-state index < -0.39 is 16.8 Å². The predicted molar refractivity (Wildman–Crippen MR) is 95.4 cm³/mol. The van der Waals surface area contributed by atoms with Crippen molar-refractivity contribution in [1.82, 2.24) is 4.90 Å². The lowest BCUT2D eigenvalue weighted by molar-refractivity contribution is -0.140. The molecule has 0 aliphatic carbocycles. The number of aliphatic imine (C=N–C) groups is 1. The molecule has 2 rings (SSSR count). The highest BCUT2D eigenvalue weighted by atomic mass is 19.1. The standard InChI is InChI=1S/C18H25FN4O2/c1-10(2)14(24)21-11-7-8-13(19)12(9-11)18(5)17(3,4)15(25)23(6)16(20)22-18/h7-10H,1-6H3,(H2,20,22)(H,21,24)/t18-/m0/s1. The molecule has 0 saturated heterocycles. The summed E-state index contributed by atoms with van der Waals surface area (Å²) in [5, 5.41) is 2.74. The molecule has 7 heteroatoms. The van der Waals surface area contributed by atoms with Gasteiger partial charge >= 0.3 is 0 Å². The van der Waals surface area contributed by atoms with Gasteiger partial charge in [-0.3, -0.25) is 14.5 Å². The first kappa shape index (κ1) is 18.9. The molecule has 0 radical (unpaired) electrons. The van der Waals surface area contributed by atoms with Gasteiger partial charge in [-0.2, -0.15) is 0 Å². The summed E-state index contributed by atoms with van der Waals surface area (Å²) < 4.78 is 14.6. The maximum absolute atomic E-state index is 14.6. The second-order valence-corrected chi connectivity index (χ2v) is 7.37. The van der Waals surface area contributed by atoms with Crippen LogP contribution in [-0.2, 0) is 15.1 Å². The fraction of sp³-hybridized carbons (Fsp3) is 0.500. The molecule has 2 amide bonds. The number of halogens is 1. The molecule has 136 valence electrons. The molecule has 1 aliphatic heterocycles. The van der Waals surface area contributed by atoms with Gasteiger partial charge < -0.3 is 11.1 Å². The van der Waals surface area contributed by atoms with Crippen molar-refractivity contribution >= 4 is 23.5 Å². The number of nitrogens with two attached hydrogens (primary N) is 1. The third-order valence-corrected chi connectivity index (χ3v) is 5.02. The van der Waals surface area contributed by atoms with Gasteiger partial charge in [-0.05, 0) is 39.0 Å². The zero-order valence-corrected chi connectivity index (χ0v) is 15.5. The molecule has 1 aliphatic rings. The van der Waals surface area contributed by atoms with Gasteiger partial charge in [0.2, 0.25) is 11.8 Å². The van der Waals surface area contributed by atoms with E-state index >= 15 is 0 Å². The number of rotatable bonds is 3. The summed E-state index contributed by atoms with van der Waals surface area (Å²) in [6.45, 7) is 8.63. The highest BCUT2D eigenvalue weighted by Crippen LogP contribution is 2.47. The Bertz CT molecular complexity index is 757. The topological polar surface area (TPSA) is 87.8 Å². The first-order chi connectivity index (χ1) is 11.4. The molecule has 0 unspecified atom stereocenters. The first-order valence-electron chi connectivity index (χ1n) is 8.16. The lowest BCUT2D eigenvalue weighted by Crippen LogP contribution is -2.58. The van der Waals surface area contributed by atoms with E-state index in [2.05, 4.69) is 10.3 Å². The van der Waals surface area contributed by atoms with E-state index in [1.807, 2.05) is 0 Å². The van der Waals surface area contributed by atoms with Gasteiger partial charge in [0.1, 0.15) is 11.4 Å². The average molecular weight is 348 g/mol. The molecular formula is C18H25FN4O2. The van der Waals surface area contributed by atoms with E-state index in [9.17, 15) is 14.0 Å². The molecule has 1 aromatic carbocycles. The van der Waals surface area contributed by atoms with Crippen LogP contribution in [-0.4, -0.2) is 29.7 Å². The van der Waals surface area contributed by atoms with Crippen molar-refractivity contribution in [2.45, 2.75) is 40.2 Å². The van der Waals surface area contributed by atoms with E-state index in [4.69, 9.17) is 5.73 Å². The third kappa shape index (κ3) is 2.99. The van der Waals surface area contributed by atoms with Crippen LogP contribution in [0.15, 0.2) is 23.2 Å². The van der Waals surface area contributed by atoms with Gasteiger partial charge in [-0.15, -0.1) is 0 Å². The summed E-state index contributed by atoms with van der Waals surface area (Å²) >= 11 is 0. The van der Waals surface area contributed by atoms with Gasteiger partial charge in [0, 0.05) is 24.2 Å². The largest absolute Gasteiger partial charge is 0.369 e. The van der Waals surface area contributed by atoms with E-state index in [0.717, 1.165) is 0 Å². The van der Waals surface area contributed by atoms with Crippen LogP contribution in [0.3, 0.4) is 0 Å². The van der Waals surface area contributed by atoms with Crippen molar-refractivity contribution in [2.75, 3.05) is 12.4 Å². The highest BCUT2D eigenvalue weighted by Gasteiger charge is 2.53. The number of hydrogen-bond acceptors (Lipinski definition) is 4. The summed E-state index contributed by atoms with van der Waals surface area (Å²) in [6.07, 6.45) is 0. The summed E-state index contributed by atoms with van der Waals surface area (Å²) in [5.74, 6) is -1.11. The molecule has 0 fully saturated rings. The van der Waals surface area contributed by atoms with Crippen LogP contribution in [0.25, 0.3) is 0 Å². The van der Waals surface area contributed by atoms with Crippen LogP contribution in [0.4, 0.5) is 10.1 Å². The fourth-order valence-electron chi connectivity index (χ4n) is 2.83. The Kier molecular flexibility index (Phi) is 4.63. The molecule has 6 nitrogen and oxygen atoms in total. The number of amides is 2. The van der Waals surface area contributed by atoms with E-state index in [1.165, 1.54) is 30.1 Å². The third-order valence-electron chi connectivity index (χ3n) is 5.02. The Hall–Kier alpha value is -2.44. The Morgan fingerprint density at radius 2 is 1.92 bits per heavy atom. The zero-order chi connectivity index (χ0) is 19.2. The Morgan fingerprint density at radius 1 is 1.32 bits per heavy atom. The second kappa shape index (κ2) is 6.13. The van der Waals surface area contributed by atoms with Crippen LogP contribution in [0, 0.1) is 17.2 Å². The number of benzene rings is 1. The lowest BCUT2D eigenvalue weighted by atomic mass is 9.67. The quantitative estimate of drug-likeness (QED) is 0.879. The van der Waals surface area contributed by atoms with Gasteiger partial charge in [-0.1, -0.05) is 13.8 Å². The minimum absolute atomic E-state index is 0.0304. The second-order valence-electron chi connectivity index (χ2n) is 7.37. The van der Waals surface area contributed by atoms with E-state index in [-0.39, 0.29) is 29.3 Å². The Balaban J connectivity index is 2.59. The Labute approximate surface area is 147 Å². The van der Waals surface area contributed by atoms with Crippen LogP contribution < -0.4 is 11.1 Å². The molecule has 1 heterocycles. The number of carbonyl (C=O) groups is 2. The van der Waals surface area contributed by atoms with Crippen molar-refractivity contribution in [3.05, 3.63) is 29.6 Å². The van der Waals surface area contributed by atoms with Gasteiger partial charge in [0.15, 0.2) is 5.96 Å². The van der Waals surface area contributed by atoms with Gasteiger partial charge in [0.05, 0.1) is 5.41 Å². The normalized spacial score (nSPS) is 22.8. The van der Waals surface area contributed by atoms with Crippen LogP contribution >= 0.6 is 0 Å². The van der Waals surface area contributed by atoms with Gasteiger partial charge in [-0.25, -0.2) is 9.38 Å². The van der Waals surface area contributed by atoms with Crippen molar-refractivity contribution in [3.8, 4) is 0 Å². The molecule has 3 N–H and O–H groups in total. The van der Waals surface area contributed by atoms with Crippen LogP contribution in [0.2, 0.25) is 0 Å². The van der Waals surface area contributed by atoms with E-state index in [1.54, 1.807) is 34.6 Å². The van der Waals surface area contributed by atoms with Crippen molar-refractivity contribution in [3.63, 3.8) is 0 Å². The molecule has 1 aromatic rings. The molecule has 1 atom stereocenters. The number of carbonyl (C=O) groups excluding carboxylic acids is 2.